The van der Waals surface area contributed by atoms with Gasteiger partial charge in [-0.3, -0.25) is 15.0 Å². The van der Waals surface area contributed by atoms with Gasteiger partial charge < -0.3 is 4.98 Å². The molecule has 1 aromatic heterocycles. The van der Waals surface area contributed by atoms with Gasteiger partial charge in [-0.1, -0.05) is 30.3 Å². The van der Waals surface area contributed by atoms with E-state index in [1.165, 1.54) is 23.1 Å². The number of para-hydroxylation sites is 1. The Morgan fingerprint density at radius 2 is 1.89 bits per heavy atom. The number of fused-ring (bicyclic) bond motifs is 3. The lowest BCUT2D eigenvalue weighted by molar-refractivity contribution is -0.384. The number of hydrogen-bond acceptors (Lipinski definition) is 3. The number of halogens is 1. The number of H-pyrrole nitrogens is 1. The fraction of sp³-hybridized carbons (Fsp3) is 0.364. The topological polar surface area (TPSA) is 62.2 Å². The van der Waals surface area contributed by atoms with Crippen molar-refractivity contribution < 1.29 is 9.31 Å². The second kappa shape index (κ2) is 6.71. The van der Waals surface area contributed by atoms with Crippen LogP contribution in [0.25, 0.3) is 10.9 Å². The van der Waals surface area contributed by atoms with E-state index in [1.54, 1.807) is 26.0 Å². The Kier molecular flexibility index (Phi) is 4.46. The number of hydrogen-bond donors (Lipinski definition) is 1. The molecule has 0 unspecified atom stereocenters. The molecule has 0 radical (unpaired) electrons. The summed E-state index contributed by atoms with van der Waals surface area (Å²) in [6.07, 6.45) is 0.832. The Balaban J connectivity index is 1.87. The number of rotatable bonds is 4. The fourth-order valence-electron chi connectivity index (χ4n) is 4.32. The van der Waals surface area contributed by atoms with Gasteiger partial charge in [0.2, 0.25) is 0 Å². The average molecular weight is 381 g/mol. The summed E-state index contributed by atoms with van der Waals surface area (Å²) in [6.45, 7) is 5.58. The summed E-state index contributed by atoms with van der Waals surface area (Å²) in [5.41, 5.74) is 3.00. The van der Waals surface area contributed by atoms with Crippen LogP contribution < -0.4 is 0 Å². The fourth-order valence-corrected chi connectivity index (χ4v) is 4.32. The summed E-state index contributed by atoms with van der Waals surface area (Å²) in [6, 6.07) is 14.8. The standard InChI is InChI=1S/C22H24FN3O2/c1-14-12-18-17-6-4-5-7-19(17)24-20(18)21(25(14)13-22(2,3)23)15-8-10-16(11-9-15)26(27)28/h4-11,14,21,24H,12-13H2,1-3H3/t14-,21-/m1/s1. The first-order valence-corrected chi connectivity index (χ1v) is 9.53. The zero-order valence-corrected chi connectivity index (χ0v) is 16.3. The molecule has 0 saturated heterocycles. The second-order valence-electron chi connectivity index (χ2n) is 8.26. The normalized spacial score (nSPS) is 20.3. The number of nitrogens with zero attached hydrogens (tertiary/aromatic N) is 2. The van der Waals surface area contributed by atoms with Crippen LogP contribution in [0.15, 0.2) is 48.5 Å². The maximum Gasteiger partial charge on any atom is 0.269 e. The molecule has 1 aliphatic heterocycles. The molecule has 0 bridgehead atoms. The molecule has 5 nitrogen and oxygen atoms in total. The third-order valence-corrected chi connectivity index (χ3v) is 5.50. The van der Waals surface area contributed by atoms with Crippen LogP contribution in [-0.2, 0) is 6.42 Å². The first-order valence-electron chi connectivity index (χ1n) is 9.53. The van der Waals surface area contributed by atoms with Gasteiger partial charge in [-0.15, -0.1) is 0 Å². The van der Waals surface area contributed by atoms with E-state index in [1.807, 2.05) is 12.1 Å². The molecule has 1 N–H and O–H groups in total. The summed E-state index contributed by atoms with van der Waals surface area (Å²) in [5, 5.41) is 12.2. The minimum atomic E-state index is -1.35. The van der Waals surface area contributed by atoms with Gasteiger partial charge in [0.25, 0.3) is 5.69 Å². The maximum atomic E-state index is 14.6. The molecule has 6 heteroatoms. The van der Waals surface area contributed by atoms with Crippen molar-refractivity contribution >= 4 is 16.6 Å². The highest BCUT2D eigenvalue weighted by molar-refractivity contribution is 5.85. The van der Waals surface area contributed by atoms with Gasteiger partial charge in [-0.05, 0) is 44.4 Å². The number of nitro benzene ring substituents is 1. The predicted octanol–water partition coefficient (Wildman–Crippen LogP) is 5.16. The molecule has 2 aromatic carbocycles. The number of aromatic nitrogens is 1. The van der Waals surface area contributed by atoms with Crippen LogP contribution in [-0.4, -0.2) is 33.1 Å². The van der Waals surface area contributed by atoms with E-state index in [9.17, 15) is 14.5 Å². The largest absolute Gasteiger partial charge is 0.357 e. The lowest BCUT2D eigenvalue weighted by Gasteiger charge is -2.43. The zero-order chi connectivity index (χ0) is 20.1. The van der Waals surface area contributed by atoms with Gasteiger partial charge in [0.15, 0.2) is 0 Å². The highest BCUT2D eigenvalue weighted by Crippen LogP contribution is 2.41. The molecule has 2 heterocycles. The lowest BCUT2D eigenvalue weighted by atomic mass is 9.87. The van der Waals surface area contributed by atoms with Crippen molar-refractivity contribution in [3.63, 3.8) is 0 Å². The van der Waals surface area contributed by atoms with E-state index in [2.05, 4.69) is 28.9 Å². The van der Waals surface area contributed by atoms with Crippen molar-refractivity contribution in [2.75, 3.05) is 6.54 Å². The summed E-state index contributed by atoms with van der Waals surface area (Å²) in [7, 11) is 0. The van der Waals surface area contributed by atoms with E-state index < -0.39 is 10.6 Å². The zero-order valence-electron chi connectivity index (χ0n) is 16.3. The molecule has 2 atom stereocenters. The van der Waals surface area contributed by atoms with E-state index in [4.69, 9.17) is 0 Å². The smallest absolute Gasteiger partial charge is 0.269 e. The predicted molar refractivity (Wildman–Crippen MR) is 108 cm³/mol. The van der Waals surface area contributed by atoms with Gasteiger partial charge in [-0.25, -0.2) is 4.39 Å². The number of nitro groups is 1. The third kappa shape index (κ3) is 3.29. The molecular weight excluding hydrogens is 357 g/mol. The van der Waals surface area contributed by atoms with Crippen LogP contribution in [0.5, 0.6) is 0 Å². The molecule has 0 amide bonds. The number of nitrogens with one attached hydrogen (secondary N) is 1. The minimum absolute atomic E-state index is 0.0573. The first-order chi connectivity index (χ1) is 13.2. The van der Waals surface area contributed by atoms with Gasteiger partial charge >= 0.3 is 0 Å². The van der Waals surface area contributed by atoms with Crippen molar-refractivity contribution in [2.24, 2.45) is 0 Å². The number of non-ortho nitro benzene ring substituents is 1. The van der Waals surface area contributed by atoms with Gasteiger partial charge in [-0.2, -0.15) is 0 Å². The Bertz CT molecular complexity index is 1020. The van der Waals surface area contributed by atoms with E-state index in [0.717, 1.165) is 23.2 Å². The number of alkyl halides is 1. The molecule has 146 valence electrons. The van der Waals surface area contributed by atoms with E-state index in [-0.39, 0.29) is 24.3 Å². The monoisotopic (exact) mass is 381 g/mol. The molecule has 0 spiro atoms. The van der Waals surface area contributed by atoms with Crippen molar-refractivity contribution in [1.82, 2.24) is 9.88 Å². The van der Waals surface area contributed by atoms with Crippen LogP contribution in [0.3, 0.4) is 0 Å². The Hall–Kier alpha value is -2.73. The lowest BCUT2D eigenvalue weighted by Crippen LogP contribution is -2.47. The van der Waals surface area contributed by atoms with Crippen LogP contribution >= 0.6 is 0 Å². The molecule has 3 aromatic rings. The molecular formula is C22H24FN3O2. The van der Waals surface area contributed by atoms with Crippen molar-refractivity contribution in [3.05, 3.63) is 75.5 Å². The van der Waals surface area contributed by atoms with E-state index >= 15 is 0 Å². The summed E-state index contributed by atoms with van der Waals surface area (Å²) in [4.78, 5) is 16.4. The first kappa shape index (κ1) is 18.6. The van der Waals surface area contributed by atoms with Gasteiger partial charge in [0.1, 0.15) is 5.67 Å². The van der Waals surface area contributed by atoms with Crippen LogP contribution in [0, 0.1) is 10.1 Å². The SMILES string of the molecule is C[C@@H]1Cc2c([nH]c3ccccc23)[C@@H](c2ccc([N+](=O)[O-])cc2)N1CC(C)(C)F. The van der Waals surface area contributed by atoms with Crippen molar-refractivity contribution in [3.8, 4) is 0 Å². The van der Waals surface area contributed by atoms with Crippen molar-refractivity contribution in [1.29, 1.82) is 0 Å². The molecule has 4 rings (SSSR count). The number of benzene rings is 2. The molecule has 0 saturated carbocycles. The summed E-state index contributed by atoms with van der Waals surface area (Å²) >= 11 is 0. The van der Waals surface area contributed by atoms with Gasteiger partial charge in [0.05, 0.1) is 11.0 Å². The second-order valence-corrected chi connectivity index (χ2v) is 8.26. The van der Waals surface area contributed by atoms with Crippen LogP contribution in [0.4, 0.5) is 10.1 Å². The maximum absolute atomic E-state index is 14.6. The summed E-state index contributed by atoms with van der Waals surface area (Å²) in [5.74, 6) is 0. The molecule has 0 aliphatic carbocycles. The minimum Gasteiger partial charge on any atom is -0.357 e. The quantitative estimate of drug-likeness (QED) is 0.501. The Morgan fingerprint density at radius 3 is 2.54 bits per heavy atom. The molecule has 1 aliphatic rings. The number of aromatic amines is 1. The highest BCUT2D eigenvalue weighted by Gasteiger charge is 2.38. The average Bonchev–Trinajstić information content (AvgIpc) is 2.99. The molecule has 0 fully saturated rings. The Morgan fingerprint density at radius 1 is 1.21 bits per heavy atom. The van der Waals surface area contributed by atoms with Gasteiger partial charge in [0, 0.05) is 41.3 Å². The van der Waals surface area contributed by atoms with E-state index in [0.29, 0.717) is 0 Å². The van der Waals surface area contributed by atoms with Crippen LogP contribution in [0.1, 0.15) is 43.6 Å². The summed E-state index contributed by atoms with van der Waals surface area (Å²) < 4.78 is 14.6. The third-order valence-electron chi connectivity index (χ3n) is 5.50. The molecule has 28 heavy (non-hydrogen) atoms. The van der Waals surface area contributed by atoms with Crippen molar-refractivity contribution in [2.45, 2.75) is 44.9 Å². The highest BCUT2D eigenvalue weighted by atomic mass is 19.1. The Labute approximate surface area is 163 Å². The van der Waals surface area contributed by atoms with Crippen LogP contribution in [0.2, 0.25) is 0 Å².